The second kappa shape index (κ2) is 10.1. The molecule has 182 valence electrons. The van der Waals surface area contributed by atoms with Crippen LogP contribution in [0.5, 0.6) is 17.2 Å². The average Bonchev–Trinajstić information content (AvgIpc) is 2.89. The summed E-state index contributed by atoms with van der Waals surface area (Å²) >= 11 is 0. The predicted octanol–water partition coefficient (Wildman–Crippen LogP) is 7.60. The van der Waals surface area contributed by atoms with Crippen molar-refractivity contribution in [3.63, 3.8) is 0 Å². The summed E-state index contributed by atoms with van der Waals surface area (Å²) < 4.78 is 37.2. The zero-order chi connectivity index (χ0) is 25.1. The smallest absolute Gasteiger partial charge is 0.202 e. The lowest BCUT2D eigenvalue weighted by Crippen LogP contribution is -2.22. The summed E-state index contributed by atoms with van der Waals surface area (Å²) in [7, 11) is -1.81. The third-order valence-electron chi connectivity index (χ3n) is 6.96. The largest absolute Gasteiger partial charge is 0.497 e. The van der Waals surface area contributed by atoms with Crippen molar-refractivity contribution >= 4 is 9.84 Å². The van der Waals surface area contributed by atoms with Gasteiger partial charge < -0.3 is 9.47 Å². The molecule has 0 amide bonds. The molecular formula is C30H32O4S. The summed E-state index contributed by atoms with van der Waals surface area (Å²) in [6, 6.07) is 23.0. The van der Waals surface area contributed by atoms with Gasteiger partial charge in [-0.2, -0.15) is 0 Å². The van der Waals surface area contributed by atoms with Crippen LogP contribution >= 0.6 is 0 Å². The number of sulfone groups is 1. The number of hydrogen-bond donors (Lipinski definition) is 0. The molecule has 0 spiro atoms. The Bertz CT molecular complexity index is 1330. The molecule has 0 fully saturated rings. The third kappa shape index (κ3) is 5.20. The van der Waals surface area contributed by atoms with Crippen LogP contribution in [-0.2, 0) is 15.3 Å². The van der Waals surface area contributed by atoms with Crippen LogP contribution < -0.4 is 9.47 Å². The molecule has 1 aliphatic rings. The van der Waals surface area contributed by atoms with Crippen LogP contribution in [0.25, 0.3) is 0 Å². The number of rotatable bonds is 8. The van der Waals surface area contributed by atoms with Crippen molar-refractivity contribution in [3.05, 3.63) is 107 Å². The van der Waals surface area contributed by atoms with Crippen molar-refractivity contribution in [2.24, 2.45) is 0 Å². The minimum atomic E-state index is -3.48. The Labute approximate surface area is 208 Å². The Hall–Kier alpha value is -3.31. The summed E-state index contributed by atoms with van der Waals surface area (Å²) in [6.07, 6.45) is 5.87. The zero-order valence-corrected chi connectivity index (χ0v) is 21.6. The molecule has 0 saturated heterocycles. The number of hydrogen-bond acceptors (Lipinski definition) is 4. The number of benzene rings is 3. The van der Waals surface area contributed by atoms with Gasteiger partial charge in [0.05, 0.1) is 12.0 Å². The Morgan fingerprint density at radius 2 is 1.29 bits per heavy atom. The molecule has 3 aromatic rings. The lowest BCUT2D eigenvalue weighted by Gasteiger charge is -2.30. The molecule has 4 nitrogen and oxygen atoms in total. The summed E-state index contributed by atoms with van der Waals surface area (Å²) in [5.74, 6) is 2.14. The van der Waals surface area contributed by atoms with Gasteiger partial charge in [0.2, 0.25) is 9.84 Å². The van der Waals surface area contributed by atoms with Gasteiger partial charge in [-0.05, 0) is 91.9 Å². The van der Waals surface area contributed by atoms with E-state index in [9.17, 15) is 8.42 Å². The first-order valence-electron chi connectivity index (χ1n) is 11.9. The van der Waals surface area contributed by atoms with Gasteiger partial charge in [0, 0.05) is 10.3 Å². The van der Waals surface area contributed by atoms with Crippen LogP contribution in [0.15, 0.2) is 100 Å². The maximum atomic E-state index is 12.9. The minimum absolute atomic E-state index is 0.137. The van der Waals surface area contributed by atoms with E-state index in [0.29, 0.717) is 22.8 Å². The normalized spacial score (nSPS) is 15.5. The molecule has 4 rings (SSSR count). The lowest BCUT2D eigenvalue weighted by atomic mass is 9.74. The highest BCUT2D eigenvalue weighted by molar-refractivity contribution is 7.95. The molecule has 0 aliphatic heterocycles. The van der Waals surface area contributed by atoms with Crippen molar-refractivity contribution in [2.45, 2.75) is 50.3 Å². The third-order valence-corrected chi connectivity index (χ3v) is 8.88. The summed E-state index contributed by atoms with van der Waals surface area (Å²) in [5, 5.41) is 0. The molecule has 0 saturated carbocycles. The molecule has 1 unspecified atom stereocenters. The summed E-state index contributed by atoms with van der Waals surface area (Å²) in [4.78, 5) is 0.751. The molecule has 1 atom stereocenters. The Balaban J connectivity index is 1.49. The van der Waals surface area contributed by atoms with Crippen molar-refractivity contribution in [1.29, 1.82) is 0 Å². The van der Waals surface area contributed by atoms with E-state index in [1.807, 2.05) is 37.3 Å². The van der Waals surface area contributed by atoms with Crippen molar-refractivity contribution in [2.75, 3.05) is 7.11 Å². The number of methoxy groups -OCH3 is 1. The van der Waals surface area contributed by atoms with Gasteiger partial charge in [0.15, 0.2) is 0 Å². The molecule has 35 heavy (non-hydrogen) atoms. The van der Waals surface area contributed by atoms with Crippen LogP contribution in [0.4, 0.5) is 0 Å². The van der Waals surface area contributed by atoms with Gasteiger partial charge in [-0.1, -0.05) is 49.8 Å². The van der Waals surface area contributed by atoms with Crippen LogP contribution in [-0.4, -0.2) is 15.5 Å². The fourth-order valence-corrected chi connectivity index (χ4v) is 5.76. The van der Waals surface area contributed by atoms with Gasteiger partial charge in [0.25, 0.3) is 0 Å². The fourth-order valence-electron chi connectivity index (χ4n) is 4.35. The monoisotopic (exact) mass is 488 g/mol. The second-order valence-corrected chi connectivity index (χ2v) is 11.2. The topological polar surface area (TPSA) is 52.6 Å². The maximum Gasteiger partial charge on any atom is 0.202 e. The van der Waals surface area contributed by atoms with E-state index in [0.717, 1.165) is 18.6 Å². The van der Waals surface area contributed by atoms with E-state index in [1.54, 1.807) is 37.5 Å². The maximum absolute atomic E-state index is 12.9. The fraction of sp³-hybridized carbons (Fsp3) is 0.267. The Morgan fingerprint density at radius 3 is 1.74 bits per heavy atom. The molecule has 1 aliphatic carbocycles. The minimum Gasteiger partial charge on any atom is -0.497 e. The van der Waals surface area contributed by atoms with Gasteiger partial charge in [-0.25, -0.2) is 8.42 Å². The van der Waals surface area contributed by atoms with E-state index in [4.69, 9.17) is 9.47 Å². The van der Waals surface area contributed by atoms with E-state index < -0.39 is 9.84 Å². The molecule has 5 heteroatoms. The van der Waals surface area contributed by atoms with Crippen LogP contribution in [0.1, 0.15) is 51.2 Å². The highest BCUT2D eigenvalue weighted by Gasteiger charge is 2.27. The highest BCUT2D eigenvalue weighted by atomic mass is 32.2. The van der Waals surface area contributed by atoms with E-state index in [1.165, 1.54) is 16.7 Å². The van der Waals surface area contributed by atoms with Crippen molar-refractivity contribution in [1.82, 2.24) is 0 Å². The molecule has 0 radical (unpaired) electrons. The first-order valence-corrected chi connectivity index (χ1v) is 13.4. The first-order chi connectivity index (χ1) is 16.8. The van der Waals surface area contributed by atoms with E-state index >= 15 is 0 Å². The number of ether oxygens (including phenoxy) is 2. The predicted molar refractivity (Wildman–Crippen MR) is 141 cm³/mol. The van der Waals surface area contributed by atoms with Gasteiger partial charge in [-0.15, -0.1) is 0 Å². The first kappa shape index (κ1) is 24.8. The molecule has 0 heterocycles. The standard InChI is InChI=1S/C30H32O4S/c1-5-30(3,23-8-12-25(33-4)13-9-23)24-10-14-26(15-11-24)34-27-16-20-29(21-17-27)35(31,32)28-18-6-22(2)7-19-28/h6,8-18,20-21H,5,7,19H2,1-4H3. The molecule has 3 aromatic carbocycles. The SMILES string of the molecule is CCC(C)(c1ccc(OC)cc1)c1ccc(Oc2ccc(S(=O)(=O)C3=CC=C(C)CC3)cc2)cc1. The molecule has 0 aromatic heterocycles. The van der Waals surface area contributed by atoms with Gasteiger partial charge in [-0.3, -0.25) is 0 Å². The Kier molecular flexibility index (Phi) is 7.18. The zero-order valence-electron chi connectivity index (χ0n) is 20.7. The quantitative estimate of drug-likeness (QED) is 0.328. The van der Waals surface area contributed by atoms with E-state index in [-0.39, 0.29) is 10.3 Å². The van der Waals surface area contributed by atoms with Gasteiger partial charge >= 0.3 is 0 Å². The molecular weight excluding hydrogens is 456 g/mol. The van der Waals surface area contributed by atoms with Crippen LogP contribution in [0, 0.1) is 0 Å². The lowest BCUT2D eigenvalue weighted by molar-refractivity contribution is 0.414. The van der Waals surface area contributed by atoms with Crippen LogP contribution in [0.2, 0.25) is 0 Å². The van der Waals surface area contributed by atoms with Crippen molar-refractivity contribution < 1.29 is 17.9 Å². The summed E-state index contributed by atoms with van der Waals surface area (Å²) in [5.41, 5.74) is 3.48. The van der Waals surface area contributed by atoms with Crippen molar-refractivity contribution in [3.8, 4) is 17.2 Å². The second-order valence-electron chi connectivity index (χ2n) is 9.16. The van der Waals surface area contributed by atoms with Gasteiger partial charge in [0.1, 0.15) is 17.2 Å². The Morgan fingerprint density at radius 1 is 0.771 bits per heavy atom. The van der Waals surface area contributed by atoms with E-state index in [2.05, 4.69) is 38.1 Å². The number of allylic oxidation sites excluding steroid dienone is 4. The average molecular weight is 489 g/mol. The molecule has 0 N–H and O–H groups in total. The van der Waals surface area contributed by atoms with Crippen LogP contribution in [0.3, 0.4) is 0 Å². The summed E-state index contributed by atoms with van der Waals surface area (Å²) in [6.45, 7) is 6.44. The highest BCUT2D eigenvalue weighted by Crippen LogP contribution is 2.37. The molecule has 0 bridgehead atoms.